The Labute approximate surface area is 132 Å². The number of rotatable bonds is 2. The lowest BCUT2D eigenvalue weighted by Gasteiger charge is -2.24. The topological polar surface area (TPSA) is 37.4 Å². The number of nitrogens with zero attached hydrogens (tertiary/aromatic N) is 1. The van der Waals surface area contributed by atoms with E-state index in [1.807, 2.05) is 12.1 Å². The molecule has 3 unspecified atom stereocenters. The van der Waals surface area contributed by atoms with Crippen molar-refractivity contribution in [2.75, 3.05) is 7.05 Å². The van der Waals surface area contributed by atoms with E-state index >= 15 is 0 Å². The lowest BCUT2D eigenvalue weighted by molar-refractivity contribution is -0.127. The fourth-order valence-corrected chi connectivity index (χ4v) is 5.30. The van der Waals surface area contributed by atoms with Gasteiger partial charge in [-0.2, -0.15) is 0 Å². The summed E-state index contributed by atoms with van der Waals surface area (Å²) >= 11 is 3.85. The molecule has 4 rings (SSSR count). The number of fused-ring (bicyclic) bond motifs is 2. The third-order valence-corrected chi connectivity index (χ3v) is 6.65. The summed E-state index contributed by atoms with van der Waals surface area (Å²) < 4.78 is 0. The highest BCUT2D eigenvalue weighted by Gasteiger charge is 2.55. The summed E-state index contributed by atoms with van der Waals surface area (Å²) in [6.07, 6.45) is 4.43. The molecule has 0 saturated heterocycles. The van der Waals surface area contributed by atoms with E-state index in [0.717, 1.165) is 23.3 Å². The van der Waals surface area contributed by atoms with Gasteiger partial charge in [-0.05, 0) is 47.8 Å². The quantitative estimate of drug-likeness (QED) is 0.607. The Morgan fingerprint density at radius 3 is 2.67 bits per heavy atom. The number of imide groups is 1. The number of carbonyl (C=O) groups is 2. The van der Waals surface area contributed by atoms with Crippen LogP contribution < -0.4 is 0 Å². The molecule has 1 aromatic carbocycles. The van der Waals surface area contributed by atoms with Crippen molar-refractivity contribution in [3.05, 3.63) is 34.9 Å². The average molecular weight is 348 g/mol. The van der Waals surface area contributed by atoms with E-state index in [4.69, 9.17) is 0 Å². The van der Waals surface area contributed by atoms with Crippen LogP contribution in [-0.2, 0) is 11.2 Å². The lowest BCUT2D eigenvalue weighted by atomic mass is 9.94. The van der Waals surface area contributed by atoms with Crippen molar-refractivity contribution in [2.45, 2.75) is 30.5 Å². The maximum absolute atomic E-state index is 12.3. The standard InChI is InChI=1S/C17H18BrNO2/c1-19-14(20)8-9-5-6-10(7-13(9)17(19)21)16(18)15-11-3-2-4-12(11)15/h5-7,11-12,15-16H,2-4,8H2,1H3. The summed E-state index contributed by atoms with van der Waals surface area (Å²) in [7, 11) is 1.57. The summed E-state index contributed by atoms with van der Waals surface area (Å²) in [4.78, 5) is 25.6. The van der Waals surface area contributed by atoms with Crippen LogP contribution in [0.25, 0.3) is 0 Å². The number of hydrogen-bond acceptors (Lipinski definition) is 2. The van der Waals surface area contributed by atoms with Gasteiger partial charge in [0.25, 0.3) is 5.91 Å². The smallest absolute Gasteiger partial charge is 0.260 e. The van der Waals surface area contributed by atoms with E-state index < -0.39 is 0 Å². The Bertz CT molecular complexity index is 632. The molecule has 2 saturated carbocycles. The van der Waals surface area contributed by atoms with Crippen LogP contribution in [0.5, 0.6) is 0 Å². The molecule has 1 heterocycles. The minimum atomic E-state index is -0.168. The van der Waals surface area contributed by atoms with E-state index in [-0.39, 0.29) is 11.8 Å². The van der Waals surface area contributed by atoms with Gasteiger partial charge >= 0.3 is 0 Å². The normalized spacial score (nSPS) is 31.9. The van der Waals surface area contributed by atoms with Crippen molar-refractivity contribution in [2.24, 2.45) is 17.8 Å². The Morgan fingerprint density at radius 1 is 1.24 bits per heavy atom. The summed E-state index contributed by atoms with van der Waals surface area (Å²) in [6, 6.07) is 6.03. The first-order chi connectivity index (χ1) is 10.1. The van der Waals surface area contributed by atoms with Gasteiger partial charge in [0.15, 0.2) is 0 Å². The monoisotopic (exact) mass is 347 g/mol. The fourth-order valence-electron chi connectivity index (χ4n) is 4.23. The first kappa shape index (κ1) is 13.5. The highest BCUT2D eigenvalue weighted by atomic mass is 79.9. The Morgan fingerprint density at radius 2 is 1.95 bits per heavy atom. The molecule has 0 radical (unpaired) electrons. The van der Waals surface area contributed by atoms with Crippen LogP contribution in [0, 0.1) is 17.8 Å². The van der Waals surface area contributed by atoms with Crippen LogP contribution in [0.4, 0.5) is 0 Å². The Balaban J connectivity index is 1.64. The molecule has 2 aliphatic carbocycles. The van der Waals surface area contributed by atoms with Crippen LogP contribution in [0.3, 0.4) is 0 Å². The van der Waals surface area contributed by atoms with Gasteiger partial charge < -0.3 is 0 Å². The van der Waals surface area contributed by atoms with Crippen molar-refractivity contribution in [1.29, 1.82) is 0 Å². The molecule has 1 aromatic rings. The van der Waals surface area contributed by atoms with Crippen molar-refractivity contribution in [3.8, 4) is 0 Å². The molecule has 0 bridgehead atoms. The Kier molecular flexibility index (Phi) is 3.00. The first-order valence-corrected chi connectivity index (χ1v) is 8.57. The second kappa shape index (κ2) is 4.67. The van der Waals surface area contributed by atoms with Gasteiger partial charge in [-0.1, -0.05) is 34.5 Å². The third-order valence-electron chi connectivity index (χ3n) is 5.51. The van der Waals surface area contributed by atoms with E-state index in [0.29, 0.717) is 16.8 Å². The van der Waals surface area contributed by atoms with Crippen LogP contribution in [0.15, 0.2) is 18.2 Å². The SMILES string of the molecule is CN1C(=O)Cc2ccc(C(Br)C3C4CCCC43)cc2C1=O. The van der Waals surface area contributed by atoms with Crippen molar-refractivity contribution in [1.82, 2.24) is 4.90 Å². The highest BCUT2D eigenvalue weighted by Crippen LogP contribution is 2.64. The number of amides is 2. The average Bonchev–Trinajstić information content (AvgIpc) is 2.96. The molecule has 3 aliphatic rings. The van der Waals surface area contributed by atoms with Gasteiger partial charge in [0.2, 0.25) is 5.91 Å². The van der Waals surface area contributed by atoms with E-state index in [1.54, 1.807) is 7.05 Å². The van der Waals surface area contributed by atoms with Gasteiger partial charge in [-0.3, -0.25) is 14.5 Å². The maximum Gasteiger partial charge on any atom is 0.260 e. The van der Waals surface area contributed by atoms with Gasteiger partial charge in [-0.15, -0.1) is 0 Å². The molecule has 3 nitrogen and oxygen atoms in total. The molecule has 2 fully saturated rings. The molecule has 0 aromatic heterocycles. The van der Waals surface area contributed by atoms with E-state index in [2.05, 4.69) is 22.0 Å². The summed E-state index contributed by atoms with van der Waals surface area (Å²) in [5.41, 5.74) is 2.75. The summed E-state index contributed by atoms with van der Waals surface area (Å²) in [5.74, 6) is 2.21. The molecule has 110 valence electrons. The second-order valence-electron chi connectivity index (χ2n) is 6.59. The van der Waals surface area contributed by atoms with Gasteiger partial charge in [0.05, 0.1) is 6.42 Å². The number of alkyl halides is 1. The number of benzene rings is 1. The predicted molar refractivity (Wildman–Crippen MR) is 83.2 cm³/mol. The van der Waals surface area contributed by atoms with Gasteiger partial charge in [-0.25, -0.2) is 0 Å². The predicted octanol–water partition coefficient (Wildman–Crippen LogP) is 3.32. The molecule has 2 amide bonds. The van der Waals surface area contributed by atoms with Gasteiger partial charge in [0, 0.05) is 17.4 Å². The zero-order chi connectivity index (χ0) is 14.7. The molecule has 4 heteroatoms. The Hall–Kier alpha value is -1.16. The minimum Gasteiger partial charge on any atom is -0.281 e. The van der Waals surface area contributed by atoms with Crippen molar-refractivity contribution >= 4 is 27.7 Å². The lowest BCUT2D eigenvalue weighted by Crippen LogP contribution is -2.39. The van der Waals surface area contributed by atoms with Crippen LogP contribution in [0.1, 0.15) is 45.6 Å². The largest absolute Gasteiger partial charge is 0.281 e. The minimum absolute atomic E-state index is 0.118. The zero-order valence-electron chi connectivity index (χ0n) is 12.0. The van der Waals surface area contributed by atoms with Crippen molar-refractivity contribution < 1.29 is 9.59 Å². The number of hydrogen-bond donors (Lipinski definition) is 0. The van der Waals surface area contributed by atoms with Crippen LogP contribution in [0.2, 0.25) is 0 Å². The molecule has 1 aliphatic heterocycles. The van der Waals surface area contributed by atoms with Crippen molar-refractivity contribution in [3.63, 3.8) is 0 Å². The van der Waals surface area contributed by atoms with Crippen LogP contribution >= 0.6 is 15.9 Å². The zero-order valence-corrected chi connectivity index (χ0v) is 13.6. The summed E-state index contributed by atoms with van der Waals surface area (Å²) in [6.45, 7) is 0. The third kappa shape index (κ3) is 1.99. The molecule has 21 heavy (non-hydrogen) atoms. The fraction of sp³-hybridized carbons (Fsp3) is 0.529. The molecular formula is C17H18BrNO2. The second-order valence-corrected chi connectivity index (χ2v) is 7.58. The van der Waals surface area contributed by atoms with Crippen LogP contribution in [-0.4, -0.2) is 23.8 Å². The van der Waals surface area contributed by atoms with Gasteiger partial charge in [0.1, 0.15) is 0 Å². The molecular weight excluding hydrogens is 330 g/mol. The molecule has 0 spiro atoms. The highest BCUT2D eigenvalue weighted by molar-refractivity contribution is 9.09. The summed E-state index contributed by atoms with van der Waals surface area (Å²) in [5, 5.41) is 0. The van der Waals surface area contributed by atoms with E-state index in [1.165, 1.54) is 29.7 Å². The number of halogens is 1. The molecule has 0 N–H and O–H groups in total. The maximum atomic E-state index is 12.3. The van der Waals surface area contributed by atoms with E-state index in [9.17, 15) is 9.59 Å². The molecule has 3 atom stereocenters. The number of likely N-dealkylation sites (N-methyl/N-ethyl adjacent to an activating group) is 1. The first-order valence-electron chi connectivity index (χ1n) is 7.65. The number of carbonyl (C=O) groups excluding carboxylic acids is 2.